The van der Waals surface area contributed by atoms with E-state index in [2.05, 4.69) is 10.3 Å². The highest BCUT2D eigenvalue weighted by molar-refractivity contribution is 6.30. The van der Waals surface area contributed by atoms with Gasteiger partial charge in [0.15, 0.2) is 0 Å². The number of rotatable bonds is 6. The summed E-state index contributed by atoms with van der Waals surface area (Å²) in [5.74, 6) is -0.110. The third-order valence-electron chi connectivity index (χ3n) is 5.60. The van der Waals surface area contributed by atoms with Crippen LogP contribution in [0.5, 0.6) is 0 Å². The van der Waals surface area contributed by atoms with Crippen LogP contribution in [-0.4, -0.2) is 40.8 Å². The van der Waals surface area contributed by atoms with Crippen molar-refractivity contribution >= 4 is 23.4 Å². The third-order valence-corrected chi connectivity index (χ3v) is 5.85. The molecule has 2 heterocycles. The van der Waals surface area contributed by atoms with Crippen LogP contribution >= 0.6 is 11.6 Å². The normalized spacial score (nSPS) is 16.1. The van der Waals surface area contributed by atoms with E-state index in [0.717, 1.165) is 22.3 Å². The van der Waals surface area contributed by atoms with Gasteiger partial charge >= 0.3 is 0 Å². The topological polar surface area (TPSA) is 62.3 Å². The first-order valence-electron chi connectivity index (χ1n) is 10.4. The second kappa shape index (κ2) is 9.75. The van der Waals surface area contributed by atoms with E-state index in [1.54, 1.807) is 11.1 Å². The number of carbonyl (C=O) groups is 2. The fourth-order valence-electron chi connectivity index (χ4n) is 3.97. The number of amides is 2. The number of pyridine rings is 1. The number of hydrogen-bond donors (Lipinski definition) is 1. The maximum absolute atomic E-state index is 13.0. The Bertz CT molecular complexity index is 1050. The van der Waals surface area contributed by atoms with Crippen LogP contribution < -0.4 is 5.32 Å². The Balaban J connectivity index is 1.51. The van der Waals surface area contributed by atoms with Gasteiger partial charge in [0, 0.05) is 48.9 Å². The molecule has 0 saturated carbocycles. The van der Waals surface area contributed by atoms with Gasteiger partial charge in [-0.3, -0.25) is 14.6 Å². The van der Waals surface area contributed by atoms with Crippen molar-refractivity contribution in [3.8, 4) is 11.1 Å². The minimum atomic E-state index is -0.524. The fourth-order valence-corrected chi connectivity index (χ4v) is 4.10. The van der Waals surface area contributed by atoms with E-state index in [1.165, 1.54) is 0 Å². The summed E-state index contributed by atoms with van der Waals surface area (Å²) in [6.45, 7) is 0.997. The number of carbonyl (C=O) groups excluding carboxylic acids is 2. The zero-order valence-electron chi connectivity index (χ0n) is 17.1. The number of aromatic nitrogens is 1. The Kier molecular flexibility index (Phi) is 6.63. The Morgan fingerprint density at radius 3 is 2.68 bits per heavy atom. The van der Waals surface area contributed by atoms with Gasteiger partial charge in [-0.05, 0) is 41.3 Å². The minimum Gasteiger partial charge on any atom is -0.353 e. The average Bonchev–Trinajstić information content (AvgIpc) is 2.81. The number of halogens is 1. The van der Waals surface area contributed by atoms with Crippen molar-refractivity contribution in [2.75, 3.05) is 13.1 Å². The quantitative estimate of drug-likeness (QED) is 0.641. The maximum Gasteiger partial charge on any atom is 0.243 e. The standard InChI is InChI=1S/C25H24ClN3O2/c26-21-10-7-18(8-11-21)9-12-24(30)29-15-14-28-25(31)23(29)16-19-4-1-2-6-22(19)20-5-3-13-27-17-20/h1-8,10-11,13,17,23H,9,12,14-16H2,(H,28,31)/t23-/m0/s1. The minimum absolute atomic E-state index is 0.00587. The van der Waals surface area contributed by atoms with Crippen LogP contribution in [0, 0.1) is 0 Å². The second-order valence-electron chi connectivity index (χ2n) is 7.62. The lowest BCUT2D eigenvalue weighted by molar-refractivity contribution is -0.143. The van der Waals surface area contributed by atoms with Gasteiger partial charge in [0.1, 0.15) is 6.04 Å². The van der Waals surface area contributed by atoms with Gasteiger partial charge in [-0.2, -0.15) is 0 Å². The summed E-state index contributed by atoms with van der Waals surface area (Å²) >= 11 is 5.94. The maximum atomic E-state index is 13.0. The fraction of sp³-hybridized carbons (Fsp3) is 0.240. The lowest BCUT2D eigenvalue weighted by atomic mass is 9.94. The molecular formula is C25H24ClN3O2. The highest BCUT2D eigenvalue weighted by atomic mass is 35.5. The highest BCUT2D eigenvalue weighted by Gasteiger charge is 2.33. The largest absolute Gasteiger partial charge is 0.353 e. The van der Waals surface area contributed by atoms with Crippen LogP contribution in [0.1, 0.15) is 17.5 Å². The molecule has 31 heavy (non-hydrogen) atoms. The smallest absolute Gasteiger partial charge is 0.243 e. The Hall–Kier alpha value is -3.18. The molecule has 1 N–H and O–H groups in total. The molecule has 2 amide bonds. The molecule has 1 aromatic heterocycles. The summed E-state index contributed by atoms with van der Waals surface area (Å²) in [6, 6.07) is 18.9. The molecule has 0 aliphatic carbocycles. The molecule has 2 aromatic carbocycles. The second-order valence-corrected chi connectivity index (χ2v) is 8.06. The molecular weight excluding hydrogens is 410 g/mol. The summed E-state index contributed by atoms with van der Waals surface area (Å²) in [6.07, 6.45) is 4.99. The summed E-state index contributed by atoms with van der Waals surface area (Å²) < 4.78 is 0. The molecule has 1 atom stereocenters. The summed E-state index contributed by atoms with van der Waals surface area (Å²) in [4.78, 5) is 31.7. The molecule has 5 nitrogen and oxygen atoms in total. The van der Waals surface area contributed by atoms with Gasteiger partial charge in [0.2, 0.25) is 11.8 Å². The van der Waals surface area contributed by atoms with Crippen LogP contribution in [0.3, 0.4) is 0 Å². The molecule has 1 fully saturated rings. The number of hydrogen-bond acceptors (Lipinski definition) is 3. The predicted octanol–water partition coefficient (Wildman–Crippen LogP) is 3.90. The van der Waals surface area contributed by atoms with E-state index in [9.17, 15) is 9.59 Å². The summed E-state index contributed by atoms with van der Waals surface area (Å²) in [5.41, 5.74) is 4.10. The van der Waals surface area contributed by atoms with Crippen LogP contribution in [-0.2, 0) is 22.4 Å². The lowest BCUT2D eigenvalue weighted by Gasteiger charge is -2.35. The SMILES string of the molecule is O=C1NCCN(C(=O)CCc2ccc(Cl)cc2)[C@H]1Cc1ccccc1-c1cccnc1. The molecule has 1 saturated heterocycles. The van der Waals surface area contributed by atoms with Gasteiger partial charge in [-0.15, -0.1) is 0 Å². The van der Waals surface area contributed by atoms with E-state index in [0.29, 0.717) is 37.4 Å². The Morgan fingerprint density at radius 2 is 1.90 bits per heavy atom. The number of nitrogens with one attached hydrogen (secondary N) is 1. The van der Waals surface area contributed by atoms with Gasteiger partial charge < -0.3 is 10.2 Å². The van der Waals surface area contributed by atoms with Crippen molar-refractivity contribution in [3.63, 3.8) is 0 Å². The van der Waals surface area contributed by atoms with Crippen molar-refractivity contribution in [2.45, 2.75) is 25.3 Å². The lowest BCUT2D eigenvalue weighted by Crippen LogP contribution is -2.58. The van der Waals surface area contributed by atoms with E-state index in [4.69, 9.17) is 11.6 Å². The van der Waals surface area contributed by atoms with E-state index < -0.39 is 6.04 Å². The van der Waals surface area contributed by atoms with Crippen LogP contribution in [0.2, 0.25) is 5.02 Å². The monoisotopic (exact) mass is 433 g/mol. The van der Waals surface area contributed by atoms with E-state index >= 15 is 0 Å². The first-order valence-corrected chi connectivity index (χ1v) is 10.8. The van der Waals surface area contributed by atoms with E-state index in [1.807, 2.05) is 66.9 Å². The van der Waals surface area contributed by atoms with Gasteiger partial charge in [0.25, 0.3) is 0 Å². The van der Waals surface area contributed by atoms with Crippen molar-refractivity contribution in [1.82, 2.24) is 15.2 Å². The Morgan fingerprint density at radius 1 is 1.10 bits per heavy atom. The zero-order valence-corrected chi connectivity index (χ0v) is 17.9. The van der Waals surface area contributed by atoms with Crippen LogP contribution in [0.4, 0.5) is 0 Å². The van der Waals surface area contributed by atoms with E-state index in [-0.39, 0.29) is 11.8 Å². The third kappa shape index (κ3) is 5.12. The van der Waals surface area contributed by atoms with Crippen molar-refractivity contribution in [3.05, 3.63) is 89.2 Å². The van der Waals surface area contributed by atoms with Crippen molar-refractivity contribution < 1.29 is 9.59 Å². The molecule has 0 spiro atoms. The number of piperazine rings is 1. The molecule has 3 aromatic rings. The number of benzene rings is 2. The Labute approximate surface area is 187 Å². The first kappa shape index (κ1) is 21.1. The molecule has 6 heteroatoms. The molecule has 1 aliphatic heterocycles. The van der Waals surface area contributed by atoms with Crippen LogP contribution in [0.15, 0.2) is 73.1 Å². The number of aryl methyl sites for hydroxylation is 1. The van der Waals surface area contributed by atoms with Crippen molar-refractivity contribution in [1.29, 1.82) is 0 Å². The summed E-state index contributed by atoms with van der Waals surface area (Å²) in [5, 5.41) is 3.59. The van der Waals surface area contributed by atoms with Gasteiger partial charge in [-0.25, -0.2) is 0 Å². The molecule has 0 radical (unpaired) electrons. The summed E-state index contributed by atoms with van der Waals surface area (Å²) in [7, 11) is 0. The van der Waals surface area contributed by atoms with Gasteiger partial charge in [-0.1, -0.05) is 54.1 Å². The highest BCUT2D eigenvalue weighted by Crippen LogP contribution is 2.25. The molecule has 0 bridgehead atoms. The molecule has 4 rings (SSSR count). The van der Waals surface area contributed by atoms with Crippen molar-refractivity contribution in [2.24, 2.45) is 0 Å². The van der Waals surface area contributed by atoms with Crippen LogP contribution in [0.25, 0.3) is 11.1 Å². The molecule has 0 unspecified atom stereocenters. The number of nitrogens with zero attached hydrogens (tertiary/aromatic N) is 2. The zero-order chi connectivity index (χ0) is 21.6. The van der Waals surface area contributed by atoms with Gasteiger partial charge in [0.05, 0.1) is 0 Å². The predicted molar refractivity (Wildman–Crippen MR) is 122 cm³/mol. The first-order chi connectivity index (χ1) is 15.1. The average molecular weight is 434 g/mol. The molecule has 158 valence electrons. The molecule has 1 aliphatic rings.